The summed E-state index contributed by atoms with van der Waals surface area (Å²) in [5.41, 5.74) is 0.338. The van der Waals surface area contributed by atoms with E-state index in [2.05, 4.69) is 0 Å². The first-order chi connectivity index (χ1) is 11.1. The van der Waals surface area contributed by atoms with Crippen LogP contribution in [0.25, 0.3) is 10.8 Å². The number of hydrogen-bond acceptors (Lipinski definition) is 2. The minimum absolute atomic E-state index is 0.0594. The lowest BCUT2D eigenvalue weighted by Gasteiger charge is -2.03. The lowest BCUT2D eigenvalue weighted by molar-refractivity contribution is -0.355. The van der Waals surface area contributed by atoms with Gasteiger partial charge in [-0.05, 0) is 35.0 Å². The maximum Gasteiger partial charge on any atom is 0.273 e. The van der Waals surface area contributed by atoms with Crippen LogP contribution < -0.4 is 0 Å². The summed E-state index contributed by atoms with van der Waals surface area (Å²) < 4.78 is 27.0. The molecule has 3 aromatic rings. The highest BCUT2D eigenvalue weighted by atomic mass is 19.2. The lowest BCUT2D eigenvalue weighted by Crippen LogP contribution is -2.17. The molecule has 1 aliphatic rings. The fourth-order valence-corrected chi connectivity index (χ4v) is 2.81. The Kier molecular flexibility index (Phi) is 2.78. The zero-order chi connectivity index (χ0) is 16.1. The lowest BCUT2D eigenvalue weighted by atomic mass is 10.00. The smallest absolute Gasteiger partial charge is 0.273 e. The van der Waals surface area contributed by atoms with Crippen LogP contribution in [0.5, 0.6) is 0 Å². The minimum Gasteiger partial charge on any atom is -0.618 e. The number of nitrogens with zero attached hydrogens (tertiary/aromatic N) is 1. The summed E-state index contributed by atoms with van der Waals surface area (Å²) in [7, 11) is 0. The Balaban J connectivity index is 1.94. The van der Waals surface area contributed by atoms with Crippen molar-refractivity contribution in [1.82, 2.24) is 0 Å². The molecule has 5 heteroatoms. The normalized spacial score (nSPS) is 13.7. The van der Waals surface area contributed by atoms with E-state index in [-0.39, 0.29) is 22.5 Å². The van der Waals surface area contributed by atoms with Gasteiger partial charge in [0.15, 0.2) is 11.6 Å². The third-order valence-electron chi connectivity index (χ3n) is 3.94. The number of Topliss-reactive ketones (excluding diaryl/α,β-unsaturated/α-hetero) is 1. The van der Waals surface area contributed by atoms with Crippen LogP contribution in [0.3, 0.4) is 0 Å². The van der Waals surface area contributed by atoms with Gasteiger partial charge in [-0.1, -0.05) is 24.3 Å². The van der Waals surface area contributed by atoms with Gasteiger partial charge in [-0.15, -0.1) is 0 Å². The zero-order valence-electron chi connectivity index (χ0n) is 11.7. The van der Waals surface area contributed by atoms with E-state index in [1.54, 1.807) is 12.1 Å². The summed E-state index contributed by atoms with van der Waals surface area (Å²) in [6.45, 7) is 0. The highest BCUT2D eigenvalue weighted by Crippen LogP contribution is 2.32. The second kappa shape index (κ2) is 4.71. The van der Waals surface area contributed by atoms with Gasteiger partial charge in [0.25, 0.3) is 11.5 Å². The highest BCUT2D eigenvalue weighted by molar-refractivity contribution is 6.52. The predicted octanol–water partition coefficient (Wildman–Crippen LogP) is 3.95. The second-order valence-corrected chi connectivity index (χ2v) is 5.32. The summed E-state index contributed by atoms with van der Waals surface area (Å²) >= 11 is 0. The Hall–Kier alpha value is -3.08. The second-order valence-electron chi connectivity index (χ2n) is 5.32. The summed E-state index contributed by atoms with van der Waals surface area (Å²) in [5.74, 6) is -2.62. The van der Waals surface area contributed by atoms with Crippen molar-refractivity contribution in [2.75, 3.05) is 0 Å². The van der Waals surface area contributed by atoms with Gasteiger partial charge < -0.3 is 5.21 Å². The standard InChI is InChI=1S/C18H9F2NO2/c19-14-6-5-12(8-15(14)20)17-18(22)13-7-10-3-1-2-4-11(10)9-16(13)21(17)23/h1-9H. The molecule has 4 rings (SSSR count). The first-order valence-electron chi connectivity index (χ1n) is 6.93. The Morgan fingerprint density at radius 1 is 0.870 bits per heavy atom. The van der Waals surface area contributed by atoms with Gasteiger partial charge in [0.2, 0.25) is 5.69 Å². The van der Waals surface area contributed by atoms with Crippen molar-refractivity contribution in [2.45, 2.75) is 0 Å². The van der Waals surface area contributed by atoms with Gasteiger partial charge in [-0.2, -0.15) is 4.74 Å². The van der Waals surface area contributed by atoms with Crippen LogP contribution >= 0.6 is 0 Å². The van der Waals surface area contributed by atoms with Crippen LogP contribution in [0.15, 0.2) is 54.6 Å². The molecule has 3 nitrogen and oxygen atoms in total. The Morgan fingerprint density at radius 2 is 1.57 bits per heavy atom. The molecule has 0 fully saturated rings. The quantitative estimate of drug-likeness (QED) is 0.504. The summed E-state index contributed by atoms with van der Waals surface area (Å²) in [6, 6.07) is 13.6. The largest absolute Gasteiger partial charge is 0.618 e. The van der Waals surface area contributed by atoms with E-state index in [0.29, 0.717) is 4.74 Å². The van der Waals surface area contributed by atoms with Crippen molar-refractivity contribution < 1.29 is 18.3 Å². The number of benzene rings is 3. The summed E-state index contributed by atoms with van der Waals surface area (Å²) in [4.78, 5) is 12.6. The number of halogens is 2. The monoisotopic (exact) mass is 309 g/mol. The average Bonchev–Trinajstić information content (AvgIpc) is 2.79. The summed E-state index contributed by atoms with van der Waals surface area (Å²) in [5, 5.41) is 14.1. The van der Waals surface area contributed by atoms with E-state index in [1.807, 2.05) is 24.3 Å². The van der Waals surface area contributed by atoms with E-state index in [0.717, 1.165) is 22.9 Å². The van der Waals surface area contributed by atoms with Gasteiger partial charge in [0, 0.05) is 6.07 Å². The maximum atomic E-state index is 13.4. The van der Waals surface area contributed by atoms with Crippen LogP contribution in [0.4, 0.5) is 14.5 Å². The third-order valence-corrected chi connectivity index (χ3v) is 3.94. The Morgan fingerprint density at radius 3 is 2.26 bits per heavy atom. The molecule has 0 unspecified atom stereocenters. The maximum absolute atomic E-state index is 13.4. The molecule has 112 valence electrons. The van der Waals surface area contributed by atoms with Crippen molar-refractivity contribution in [3.05, 3.63) is 82.6 Å². The number of carbonyl (C=O) groups is 1. The molecule has 0 saturated heterocycles. The topological polar surface area (TPSA) is 43.1 Å². The predicted molar refractivity (Wildman–Crippen MR) is 82.0 cm³/mol. The number of carbonyl (C=O) groups excluding carboxylic acids is 1. The highest BCUT2D eigenvalue weighted by Gasteiger charge is 2.37. The number of fused-ring (bicyclic) bond motifs is 2. The van der Waals surface area contributed by atoms with Crippen molar-refractivity contribution >= 4 is 28.0 Å². The van der Waals surface area contributed by atoms with E-state index < -0.39 is 17.4 Å². The van der Waals surface area contributed by atoms with E-state index >= 15 is 0 Å². The first kappa shape index (κ1) is 13.6. The summed E-state index contributed by atoms with van der Waals surface area (Å²) in [6.07, 6.45) is 0. The minimum atomic E-state index is -1.10. The van der Waals surface area contributed by atoms with Crippen LogP contribution in [0.2, 0.25) is 0 Å². The molecule has 0 aliphatic carbocycles. The van der Waals surface area contributed by atoms with Gasteiger partial charge in [0.05, 0.1) is 5.56 Å². The fraction of sp³-hybridized carbons (Fsp3) is 0. The van der Waals surface area contributed by atoms with Gasteiger partial charge in [0.1, 0.15) is 5.56 Å². The third kappa shape index (κ3) is 1.93. The molecule has 0 atom stereocenters. The molecule has 0 bridgehead atoms. The van der Waals surface area contributed by atoms with Crippen molar-refractivity contribution in [2.24, 2.45) is 0 Å². The van der Waals surface area contributed by atoms with E-state index in [4.69, 9.17) is 0 Å². The van der Waals surface area contributed by atoms with Gasteiger partial charge in [-0.25, -0.2) is 8.78 Å². The van der Waals surface area contributed by atoms with Crippen molar-refractivity contribution in [3.63, 3.8) is 0 Å². The van der Waals surface area contributed by atoms with Gasteiger partial charge >= 0.3 is 0 Å². The molecule has 0 aromatic heterocycles. The molecule has 0 saturated carbocycles. The molecule has 1 aliphatic heterocycles. The molecular weight excluding hydrogens is 300 g/mol. The molecule has 0 radical (unpaired) electrons. The van der Waals surface area contributed by atoms with Crippen molar-refractivity contribution in [3.8, 4) is 0 Å². The molecule has 23 heavy (non-hydrogen) atoms. The SMILES string of the molecule is O=C1C(c2ccc(F)c(F)c2)=[N+]([O-])c2cc3ccccc3cc21. The fourth-order valence-electron chi connectivity index (χ4n) is 2.81. The van der Waals surface area contributed by atoms with Crippen LogP contribution in [-0.4, -0.2) is 16.2 Å². The van der Waals surface area contributed by atoms with E-state index in [1.165, 1.54) is 6.07 Å². The number of rotatable bonds is 1. The zero-order valence-corrected chi connectivity index (χ0v) is 11.7. The molecule has 0 N–H and O–H groups in total. The number of ketones is 1. The Bertz CT molecular complexity index is 1020. The van der Waals surface area contributed by atoms with E-state index in [9.17, 15) is 18.8 Å². The molecule has 1 heterocycles. The van der Waals surface area contributed by atoms with Crippen molar-refractivity contribution in [1.29, 1.82) is 0 Å². The van der Waals surface area contributed by atoms with Crippen LogP contribution in [0, 0.1) is 16.8 Å². The first-order valence-corrected chi connectivity index (χ1v) is 6.93. The van der Waals surface area contributed by atoms with Crippen LogP contribution in [-0.2, 0) is 0 Å². The molecule has 0 spiro atoms. The average molecular weight is 309 g/mol. The molecular formula is C18H9F2NO2. The molecule has 3 aromatic carbocycles. The number of hydrogen-bond donors (Lipinski definition) is 0. The van der Waals surface area contributed by atoms with Crippen LogP contribution in [0.1, 0.15) is 15.9 Å². The molecule has 0 amide bonds. The van der Waals surface area contributed by atoms with Gasteiger partial charge in [-0.3, -0.25) is 4.79 Å². The Labute approximate surface area is 129 Å².